The molecule has 0 saturated heterocycles. The van der Waals surface area contributed by atoms with Gasteiger partial charge in [-0.3, -0.25) is 0 Å². The number of carbonyl (C=O) groups excluding carboxylic acids is 1. The van der Waals surface area contributed by atoms with Crippen LogP contribution < -0.4 is 10.5 Å². The summed E-state index contributed by atoms with van der Waals surface area (Å²) in [6, 6.07) is 3.89. The smallest absolute Gasteiger partial charge is 0.337 e. The van der Waals surface area contributed by atoms with Gasteiger partial charge in [-0.05, 0) is 32.0 Å². The van der Waals surface area contributed by atoms with E-state index >= 15 is 0 Å². The summed E-state index contributed by atoms with van der Waals surface area (Å²) < 4.78 is 36.5. The fourth-order valence-electron chi connectivity index (χ4n) is 1.69. The third-order valence-electron chi connectivity index (χ3n) is 2.73. The quantitative estimate of drug-likeness (QED) is 0.568. The van der Waals surface area contributed by atoms with Crippen LogP contribution in [0.1, 0.15) is 24.2 Å². The van der Waals surface area contributed by atoms with Crippen LogP contribution in [0.15, 0.2) is 23.1 Å². The van der Waals surface area contributed by atoms with Crippen molar-refractivity contribution in [2.45, 2.75) is 24.8 Å². The summed E-state index contributed by atoms with van der Waals surface area (Å²) in [5, 5.41) is 0. The summed E-state index contributed by atoms with van der Waals surface area (Å²) in [5.41, 5.74) is 5.88. The number of anilines is 1. The van der Waals surface area contributed by atoms with Crippen molar-refractivity contribution in [2.75, 3.05) is 26.0 Å². The van der Waals surface area contributed by atoms with Gasteiger partial charge in [-0.15, -0.1) is 0 Å². The van der Waals surface area contributed by atoms with Crippen molar-refractivity contribution in [3.8, 4) is 0 Å². The van der Waals surface area contributed by atoms with Crippen LogP contribution in [0.2, 0.25) is 0 Å². The van der Waals surface area contributed by atoms with Crippen LogP contribution in [-0.4, -0.2) is 40.8 Å². The zero-order chi connectivity index (χ0) is 16.0. The first-order valence-corrected chi connectivity index (χ1v) is 7.89. The van der Waals surface area contributed by atoms with Crippen molar-refractivity contribution in [3.63, 3.8) is 0 Å². The van der Waals surface area contributed by atoms with Gasteiger partial charge in [0.1, 0.15) is 4.90 Å². The summed E-state index contributed by atoms with van der Waals surface area (Å²) in [4.78, 5) is 11.3. The lowest BCUT2D eigenvalue weighted by Crippen LogP contribution is -2.32. The Morgan fingerprint density at radius 2 is 2.10 bits per heavy atom. The first-order chi connectivity index (χ1) is 9.81. The topological polar surface area (TPSA) is 108 Å². The number of nitrogens with one attached hydrogen (secondary N) is 1. The Labute approximate surface area is 124 Å². The Bertz CT molecular complexity index is 601. The number of sulfonamides is 1. The molecule has 1 atom stereocenters. The Balaban J connectivity index is 2.91. The van der Waals surface area contributed by atoms with Gasteiger partial charge in [0.25, 0.3) is 0 Å². The van der Waals surface area contributed by atoms with Crippen LogP contribution in [0, 0.1) is 0 Å². The van der Waals surface area contributed by atoms with Gasteiger partial charge in [0.05, 0.1) is 24.5 Å². The first kappa shape index (κ1) is 17.4. The molecule has 0 radical (unpaired) electrons. The normalized spacial score (nSPS) is 12.9. The number of carbonyl (C=O) groups is 1. The number of nitrogens with two attached hydrogens (primary N) is 1. The molecule has 0 aliphatic carbocycles. The van der Waals surface area contributed by atoms with Crippen molar-refractivity contribution < 1.29 is 22.7 Å². The second-order valence-corrected chi connectivity index (χ2v) is 6.10. The van der Waals surface area contributed by atoms with Gasteiger partial charge in [-0.25, -0.2) is 17.9 Å². The second-order valence-electron chi connectivity index (χ2n) is 4.36. The Kier molecular flexibility index (Phi) is 6.13. The molecule has 21 heavy (non-hydrogen) atoms. The highest BCUT2D eigenvalue weighted by Crippen LogP contribution is 2.20. The second kappa shape index (κ2) is 7.39. The largest absolute Gasteiger partial charge is 0.465 e. The summed E-state index contributed by atoms with van der Waals surface area (Å²) in [6.07, 6.45) is -0.250. The van der Waals surface area contributed by atoms with E-state index in [-0.39, 0.29) is 28.8 Å². The number of benzene rings is 1. The Morgan fingerprint density at radius 1 is 1.43 bits per heavy atom. The van der Waals surface area contributed by atoms with E-state index in [0.717, 1.165) is 0 Å². The van der Waals surface area contributed by atoms with Crippen molar-refractivity contribution in [3.05, 3.63) is 23.8 Å². The molecule has 0 amide bonds. The molecule has 0 fully saturated rings. The predicted octanol–water partition coefficient (Wildman–Crippen LogP) is 0.759. The van der Waals surface area contributed by atoms with Crippen LogP contribution in [0.25, 0.3) is 0 Å². The molecule has 1 unspecified atom stereocenters. The standard InChI is InChI=1S/C13H20N2O5S/c1-4-20-9(2)8-15-21(17,18)12-6-5-10(7-11(12)14)13(16)19-3/h5-7,9,15H,4,8,14H2,1-3H3. The lowest BCUT2D eigenvalue weighted by atomic mass is 10.2. The maximum absolute atomic E-state index is 12.1. The van der Waals surface area contributed by atoms with E-state index in [1.165, 1.54) is 25.3 Å². The zero-order valence-corrected chi connectivity index (χ0v) is 13.1. The minimum atomic E-state index is -3.76. The molecular formula is C13H20N2O5S. The minimum Gasteiger partial charge on any atom is -0.465 e. The first-order valence-electron chi connectivity index (χ1n) is 6.41. The van der Waals surface area contributed by atoms with Gasteiger partial charge >= 0.3 is 5.97 Å². The molecule has 7 nitrogen and oxygen atoms in total. The van der Waals surface area contributed by atoms with E-state index in [0.29, 0.717) is 6.61 Å². The predicted molar refractivity (Wildman–Crippen MR) is 78.5 cm³/mol. The maximum atomic E-state index is 12.1. The van der Waals surface area contributed by atoms with E-state index < -0.39 is 16.0 Å². The zero-order valence-electron chi connectivity index (χ0n) is 12.3. The van der Waals surface area contributed by atoms with E-state index in [9.17, 15) is 13.2 Å². The highest BCUT2D eigenvalue weighted by Gasteiger charge is 2.19. The van der Waals surface area contributed by atoms with Crippen molar-refractivity contribution in [1.82, 2.24) is 4.72 Å². The Morgan fingerprint density at radius 3 is 2.62 bits per heavy atom. The summed E-state index contributed by atoms with van der Waals surface area (Å²) in [6.45, 7) is 4.22. The fourth-order valence-corrected chi connectivity index (χ4v) is 2.91. The van der Waals surface area contributed by atoms with E-state index in [2.05, 4.69) is 9.46 Å². The summed E-state index contributed by atoms with van der Waals surface area (Å²) in [5.74, 6) is -0.580. The third kappa shape index (κ3) is 4.69. The SMILES string of the molecule is CCOC(C)CNS(=O)(=O)c1ccc(C(=O)OC)cc1N. The van der Waals surface area contributed by atoms with Gasteiger partial charge < -0.3 is 15.2 Å². The number of rotatable bonds is 7. The molecule has 1 rings (SSSR count). The van der Waals surface area contributed by atoms with E-state index in [1.54, 1.807) is 6.92 Å². The fraction of sp³-hybridized carbons (Fsp3) is 0.462. The van der Waals surface area contributed by atoms with Crippen LogP contribution in [0.5, 0.6) is 0 Å². The minimum absolute atomic E-state index is 0.0190. The molecule has 0 aromatic heterocycles. The van der Waals surface area contributed by atoms with Crippen molar-refractivity contribution >= 4 is 21.7 Å². The molecular weight excluding hydrogens is 296 g/mol. The number of esters is 1. The van der Waals surface area contributed by atoms with Gasteiger partial charge in [0.15, 0.2) is 0 Å². The van der Waals surface area contributed by atoms with Gasteiger partial charge in [0, 0.05) is 13.2 Å². The van der Waals surface area contributed by atoms with Gasteiger partial charge in [0.2, 0.25) is 10.0 Å². The summed E-state index contributed by atoms with van der Waals surface area (Å²) >= 11 is 0. The van der Waals surface area contributed by atoms with Crippen molar-refractivity contribution in [1.29, 1.82) is 0 Å². The highest BCUT2D eigenvalue weighted by molar-refractivity contribution is 7.89. The summed E-state index contributed by atoms with van der Waals surface area (Å²) in [7, 11) is -2.52. The lowest BCUT2D eigenvalue weighted by molar-refractivity contribution is 0.0600. The molecule has 8 heteroatoms. The molecule has 1 aromatic carbocycles. The number of methoxy groups -OCH3 is 1. The third-order valence-corrected chi connectivity index (χ3v) is 4.23. The molecule has 3 N–H and O–H groups in total. The highest BCUT2D eigenvalue weighted by atomic mass is 32.2. The van der Waals surface area contributed by atoms with Gasteiger partial charge in [-0.1, -0.05) is 0 Å². The average Bonchev–Trinajstić information content (AvgIpc) is 2.44. The molecule has 0 saturated carbocycles. The number of hydrogen-bond acceptors (Lipinski definition) is 6. The molecule has 0 heterocycles. The number of hydrogen-bond donors (Lipinski definition) is 2. The monoisotopic (exact) mass is 316 g/mol. The molecule has 0 aliphatic rings. The van der Waals surface area contributed by atoms with E-state index in [1.807, 2.05) is 6.92 Å². The lowest BCUT2D eigenvalue weighted by Gasteiger charge is -2.14. The molecule has 1 aromatic rings. The average molecular weight is 316 g/mol. The van der Waals surface area contributed by atoms with Crippen LogP contribution in [0.3, 0.4) is 0 Å². The van der Waals surface area contributed by atoms with Crippen LogP contribution in [-0.2, 0) is 19.5 Å². The van der Waals surface area contributed by atoms with Gasteiger partial charge in [-0.2, -0.15) is 0 Å². The molecule has 0 aliphatic heterocycles. The number of ether oxygens (including phenoxy) is 2. The van der Waals surface area contributed by atoms with Crippen molar-refractivity contribution in [2.24, 2.45) is 0 Å². The Hall–Kier alpha value is -1.64. The van der Waals surface area contributed by atoms with Crippen LogP contribution >= 0.6 is 0 Å². The van der Waals surface area contributed by atoms with Crippen LogP contribution in [0.4, 0.5) is 5.69 Å². The molecule has 0 spiro atoms. The molecule has 0 bridgehead atoms. The number of nitrogen functional groups attached to an aromatic ring is 1. The maximum Gasteiger partial charge on any atom is 0.337 e. The molecule has 118 valence electrons. The van der Waals surface area contributed by atoms with E-state index in [4.69, 9.17) is 10.5 Å².